The summed E-state index contributed by atoms with van der Waals surface area (Å²) in [5.41, 5.74) is 4.27. The van der Waals surface area contributed by atoms with Gasteiger partial charge in [-0.3, -0.25) is 0 Å². The summed E-state index contributed by atoms with van der Waals surface area (Å²) in [7, 11) is 0. The Bertz CT molecular complexity index is 1910. The van der Waals surface area contributed by atoms with Crippen LogP contribution in [0.15, 0.2) is 66.7 Å². The number of rotatable bonds is 9. The number of pyridine rings is 1. The van der Waals surface area contributed by atoms with Gasteiger partial charge in [-0.15, -0.1) is 0 Å². The van der Waals surface area contributed by atoms with Crippen LogP contribution in [0.3, 0.4) is 0 Å². The predicted molar refractivity (Wildman–Crippen MR) is 154 cm³/mol. The number of halogens is 2. The third kappa shape index (κ3) is 5.80. The number of aromatic nitrogens is 3. The minimum Gasteiger partial charge on any atom is -0.478 e. The van der Waals surface area contributed by atoms with Crippen molar-refractivity contribution in [3.8, 4) is 23.2 Å². The molecular formula is C33H26F2N4O4. The van der Waals surface area contributed by atoms with Crippen molar-refractivity contribution in [1.82, 2.24) is 14.5 Å². The smallest absolute Gasteiger partial charge is 0.335 e. The number of benzene rings is 3. The van der Waals surface area contributed by atoms with Crippen molar-refractivity contribution in [3.63, 3.8) is 0 Å². The number of nitriles is 1. The maximum Gasteiger partial charge on any atom is 0.335 e. The molecule has 1 aliphatic rings. The van der Waals surface area contributed by atoms with Crippen LogP contribution >= 0.6 is 0 Å². The molecule has 0 aliphatic carbocycles. The van der Waals surface area contributed by atoms with Gasteiger partial charge >= 0.3 is 5.97 Å². The first-order chi connectivity index (χ1) is 20.8. The van der Waals surface area contributed by atoms with Gasteiger partial charge in [0, 0.05) is 30.2 Å². The van der Waals surface area contributed by atoms with Crippen molar-refractivity contribution in [3.05, 3.63) is 112 Å². The van der Waals surface area contributed by atoms with Crippen molar-refractivity contribution in [1.29, 1.82) is 5.26 Å². The predicted octanol–water partition coefficient (Wildman–Crippen LogP) is 6.21. The maximum absolute atomic E-state index is 15.6. The number of carboxylic acid groups (broad SMARTS) is 1. The molecule has 1 N–H and O–H groups in total. The largest absolute Gasteiger partial charge is 0.478 e. The molecule has 1 aliphatic heterocycles. The van der Waals surface area contributed by atoms with Crippen LogP contribution in [0.4, 0.5) is 8.78 Å². The fraction of sp³-hybridized carbons (Fsp3) is 0.212. The van der Waals surface area contributed by atoms with Gasteiger partial charge in [0.15, 0.2) is 0 Å². The summed E-state index contributed by atoms with van der Waals surface area (Å²) in [4.78, 5) is 20.8. The van der Waals surface area contributed by atoms with Crippen LogP contribution in [0.1, 0.15) is 44.9 Å². The SMILES string of the molecule is Cc1cc(Cc2nc3ccc(C(=O)O)cc3n2CC2CCO2)c(F)cc1-c1cccc(OCc2ccc(C#N)cc2F)n1. The highest BCUT2D eigenvalue weighted by molar-refractivity contribution is 5.92. The zero-order valence-electron chi connectivity index (χ0n) is 23.2. The molecule has 0 radical (unpaired) electrons. The van der Waals surface area contributed by atoms with Gasteiger partial charge in [-0.2, -0.15) is 5.26 Å². The molecule has 1 fully saturated rings. The van der Waals surface area contributed by atoms with E-state index >= 15 is 4.39 Å². The van der Waals surface area contributed by atoms with E-state index in [2.05, 4.69) is 4.98 Å². The van der Waals surface area contributed by atoms with E-state index in [1.807, 2.05) is 17.6 Å². The Hall–Kier alpha value is -5.14. The van der Waals surface area contributed by atoms with Crippen LogP contribution in [0.25, 0.3) is 22.3 Å². The van der Waals surface area contributed by atoms with Crippen LogP contribution < -0.4 is 4.74 Å². The zero-order valence-corrected chi connectivity index (χ0v) is 23.2. The van der Waals surface area contributed by atoms with Crippen molar-refractivity contribution in [2.75, 3.05) is 6.61 Å². The molecule has 6 rings (SSSR count). The fourth-order valence-corrected chi connectivity index (χ4v) is 5.13. The average molecular weight is 581 g/mol. The van der Waals surface area contributed by atoms with Gasteiger partial charge in [0.25, 0.3) is 0 Å². The summed E-state index contributed by atoms with van der Waals surface area (Å²) in [6.07, 6.45) is 1.08. The molecule has 0 bridgehead atoms. The average Bonchev–Trinajstić information content (AvgIpc) is 3.31. The van der Waals surface area contributed by atoms with Gasteiger partial charge < -0.3 is 19.1 Å². The van der Waals surface area contributed by atoms with E-state index in [0.717, 1.165) is 18.1 Å². The van der Waals surface area contributed by atoms with Crippen LogP contribution in [-0.4, -0.2) is 38.3 Å². The molecular weight excluding hydrogens is 554 g/mol. The van der Waals surface area contributed by atoms with E-state index in [4.69, 9.17) is 19.7 Å². The standard InChI is InChI=1S/C33H26F2N4O4/c1-19-11-23(14-31-37-29-8-7-21(33(40)41)13-30(29)39(31)17-24-9-10-42-24)27(35)15-25(19)28-3-2-4-32(38-28)43-18-22-6-5-20(16-36)12-26(22)34/h2-8,11-13,15,24H,9-10,14,17-18H2,1H3,(H,40,41). The minimum absolute atomic E-state index is 0.00688. The summed E-state index contributed by atoms with van der Waals surface area (Å²) < 4.78 is 43.1. The quantitative estimate of drug-likeness (QED) is 0.221. The molecule has 3 heterocycles. The third-order valence-corrected chi connectivity index (χ3v) is 7.55. The summed E-state index contributed by atoms with van der Waals surface area (Å²) in [6, 6.07) is 19.1. The number of fused-ring (bicyclic) bond motifs is 1. The number of carbonyl (C=O) groups is 1. The lowest BCUT2D eigenvalue weighted by Gasteiger charge is -2.27. The molecule has 3 aromatic carbocycles. The first kappa shape index (κ1) is 28.0. The van der Waals surface area contributed by atoms with Gasteiger partial charge in [0.1, 0.15) is 24.1 Å². The van der Waals surface area contributed by atoms with E-state index in [-0.39, 0.29) is 41.7 Å². The van der Waals surface area contributed by atoms with Gasteiger partial charge in [0.05, 0.1) is 46.6 Å². The van der Waals surface area contributed by atoms with Gasteiger partial charge in [-0.1, -0.05) is 18.2 Å². The Morgan fingerprint density at radius 3 is 2.63 bits per heavy atom. The van der Waals surface area contributed by atoms with E-state index in [1.165, 1.54) is 24.3 Å². The number of imidazole rings is 1. The number of aromatic carboxylic acids is 1. The molecule has 5 aromatic rings. The molecule has 0 saturated carbocycles. The lowest BCUT2D eigenvalue weighted by molar-refractivity contribution is -0.0589. The Kier molecular flexibility index (Phi) is 7.57. The topological polar surface area (TPSA) is 110 Å². The highest BCUT2D eigenvalue weighted by atomic mass is 19.1. The maximum atomic E-state index is 15.6. The summed E-state index contributed by atoms with van der Waals surface area (Å²) in [6.45, 7) is 2.95. The van der Waals surface area contributed by atoms with Crippen molar-refractivity contribution in [2.45, 2.75) is 39.0 Å². The molecule has 8 nitrogen and oxygen atoms in total. The molecule has 1 unspecified atom stereocenters. The Balaban J connectivity index is 1.26. The summed E-state index contributed by atoms with van der Waals surface area (Å²) >= 11 is 0. The van der Waals surface area contributed by atoms with Crippen LogP contribution in [0, 0.1) is 29.9 Å². The number of carboxylic acids is 1. The van der Waals surface area contributed by atoms with Gasteiger partial charge in [0.2, 0.25) is 5.88 Å². The number of hydrogen-bond donors (Lipinski definition) is 1. The second-order valence-corrected chi connectivity index (χ2v) is 10.4. The molecule has 0 spiro atoms. The fourth-order valence-electron chi connectivity index (χ4n) is 5.13. The first-order valence-corrected chi connectivity index (χ1v) is 13.7. The summed E-state index contributed by atoms with van der Waals surface area (Å²) in [5.74, 6) is -1.14. The third-order valence-electron chi connectivity index (χ3n) is 7.55. The molecule has 0 amide bonds. The van der Waals surface area contributed by atoms with Crippen LogP contribution in [0.5, 0.6) is 5.88 Å². The lowest BCUT2D eigenvalue weighted by atomic mass is 9.99. The van der Waals surface area contributed by atoms with Crippen LogP contribution in [0.2, 0.25) is 0 Å². The van der Waals surface area contributed by atoms with Crippen molar-refractivity contribution >= 4 is 17.0 Å². The molecule has 2 aromatic heterocycles. The van der Waals surface area contributed by atoms with Gasteiger partial charge in [-0.25, -0.2) is 23.5 Å². The molecule has 10 heteroatoms. The van der Waals surface area contributed by atoms with E-state index < -0.39 is 17.6 Å². The number of nitrogens with zero attached hydrogens (tertiary/aromatic N) is 4. The number of aryl methyl sites for hydroxylation is 1. The van der Waals surface area contributed by atoms with E-state index in [9.17, 15) is 14.3 Å². The minimum atomic E-state index is -1.03. The van der Waals surface area contributed by atoms with E-state index in [0.29, 0.717) is 46.8 Å². The molecule has 43 heavy (non-hydrogen) atoms. The Morgan fingerprint density at radius 1 is 1.09 bits per heavy atom. The Morgan fingerprint density at radius 2 is 1.91 bits per heavy atom. The van der Waals surface area contributed by atoms with Crippen molar-refractivity contribution in [2.24, 2.45) is 0 Å². The number of hydrogen-bond acceptors (Lipinski definition) is 6. The molecule has 216 valence electrons. The second-order valence-electron chi connectivity index (χ2n) is 10.4. The molecule has 1 saturated heterocycles. The normalized spacial score (nSPS) is 14.3. The first-order valence-electron chi connectivity index (χ1n) is 13.7. The van der Waals surface area contributed by atoms with Gasteiger partial charge in [-0.05, 0) is 66.9 Å². The number of ether oxygens (including phenoxy) is 2. The highest BCUT2D eigenvalue weighted by Crippen LogP contribution is 2.29. The lowest BCUT2D eigenvalue weighted by Crippen LogP contribution is -2.31. The monoisotopic (exact) mass is 580 g/mol. The highest BCUT2D eigenvalue weighted by Gasteiger charge is 2.23. The van der Waals surface area contributed by atoms with E-state index in [1.54, 1.807) is 36.4 Å². The van der Waals surface area contributed by atoms with Crippen LogP contribution in [-0.2, 0) is 24.3 Å². The molecule has 1 atom stereocenters. The van der Waals surface area contributed by atoms with Crippen molar-refractivity contribution < 1.29 is 28.2 Å². The second kappa shape index (κ2) is 11.6. The Labute approximate surface area is 245 Å². The summed E-state index contributed by atoms with van der Waals surface area (Å²) in [5, 5.41) is 18.4. The zero-order chi connectivity index (χ0) is 30.1.